The van der Waals surface area contributed by atoms with Crippen molar-refractivity contribution in [3.8, 4) is 22.8 Å². The molecule has 0 amide bonds. The monoisotopic (exact) mass is 376 g/mol. The van der Waals surface area contributed by atoms with Gasteiger partial charge in [0.2, 0.25) is 0 Å². The molecule has 0 aliphatic heterocycles. The summed E-state index contributed by atoms with van der Waals surface area (Å²) in [5.74, 6) is 0.0612. The molecule has 5 rings (SSSR count). The van der Waals surface area contributed by atoms with Gasteiger partial charge < -0.3 is 9.97 Å². The van der Waals surface area contributed by atoms with Gasteiger partial charge in [0.25, 0.3) is 0 Å². The number of benzene rings is 1. The Bertz CT molecular complexity index is 1110. The molecule has 0 atom stereocenters. The van der Waals surface area contributed by atoms with E-state index in [0.29, 0.717) is 0 Å². The van der Waals surface area contributed by atoms with E-state index < -0.39 is 0 Å². The Morgan fingerprint density at radius 1 is 0.517 bits per heavy atom. The maximum Gasteiger partial charge on any atom is 0.0864 e. The molecule has 29 heavy (non-hydrogen) atoms. The van der Waals surface area contributed by atoms with Crippen LogP contribution in [-0.4, -0.2) is 19.9 Å². The van der Waals surface area contributed by atoms with Gasteiger partial charge in [0.15, 0.2) is 0 Å². The van der Waals surface area contributed by atoms with Gasteiger partial charge in [-0.1, -0.05) is 42.5 Å². The van der Waals surface area contributed by atoms with Gasteiger partial charge >= 0.3 is 0 Å². The van der Waals surface area contributed by atoms with E-state index in [9.17, 15) is 0 Å². The van der Waals surface area contributed by atoms with E-state index in [4.69, 9.17) is 0 Å². The first-order chi connectivity index (χ1) is 14.4. The molecule has 0 aliphatic rings. The average Bonchev–Trinajstić information content (AvgIpc) is 3.47. The summed E-state index contributed by atoms with van der Waals surface area (Å²) in [4.78, 5) is 16.1. The van der Waals surface area contributed by atoms with Crippen molar-refractivity contribution in [2.75, 3.05) is 0 Å². The van der Waals surface area contributed by atoms with Crippen molar-refractivity contribution >= 4 is 0 Å². The molecule has 4 nitrogen and oxygen atoms in total. The van der Waals surface area contributed by atoms with Crippen molar-refractivity contribution in [1.29, 1.82) is 0 Å². The van der Waals surface area contributed by atoms with Gasteiger partial charge in [0.1, 0.15) is 0 Å². The molecule has 0 saturated heterocycles. The Hall–Kier alpha value is -3.92. The van der Waals surface area contributed by atoms with Crippen molar-refractivity contribution in [3.05, 3.63) is 120 Å². The van der Waals surface area contributed by atoms with Crippen LogP contribution in [0.15, 0.2) is 103 Å². The highest BCUT2D eigenvalue weighted by molar-refractivity contribution is 5.58. The van der Waals surface area contributed by atoms with Crippen molar-refractivity contribution < 1.29 is 0 Å². The lowest BCUT2D eigenvalue weighted by atomic mass is 9.93. The molecule has 4 heterocycles. The molecule has 140 valence electrons. The molecule has 0 saturated carbocycles. The Morgan fingerprint density at radius 2 is 1.03 bits per heavy atom. The molecule has 2 N–H and O–H groups in total. The molecule has 0 radical (unpaired) electrons. The van der Waals surface area contributed by atoms with E-state index in [1.807, 2.05) is 54.9 Å². The lowest BCUT2D eigenvalue weighted by molar-refractivity contribution is 0.899. The fourth-order valence-electron chi connectivity index (χ4n) is 3.68. The first kappa shape index (κ1) is 17.2. The van der Waals surface area contributed by atoms with E-state index in [1.54, 1.807) is 0 Å². The summed E-state index contributed by atoms with van der Waals surface area (Å²) in [7, 11) is 0. The number of aromatic amines is 2. The lowest BCUT2D eigenvalue weighted by Gasteiger charge is -2.15. The fraction of sp³-hybridized carbons (Fsp3) is 0.0400. The minimum absolute atomic E-state index is 0.0612. The van der Waals surface area contributed by atoms with Crippen molar-refractivity contribution in [2.45, 2.75) is 5.92 Å². The van der Waals surface area contributed by atoms with Crippen LogP contribution in [0.2, 0.25) is 0 Å². The van der Waals surface area contributed by atoms with E-state index in [2.05, 4.69) is 68.5 Å². The molecule has 0 bridgehead atoms. The first-order valence-electron chi connectivity index (χ1n) is 9.64. The number of hydrogen-bond acceptors (Lipinski definition) is 2. The third kappa shape index (κ3) is 3.48. The van der Waals surface area contributed by atoms with Crippen LogP contribution in [0.1, 0.15) is 22.9 Å². The van der Waals surface area contributed by atoms with Crippen LogP contribution >= 0.6 is 0 Å². The summed E-state index contributed by atoms with van der Waals surface area (Å²) in [5.41, 5.74) is 7.35. The Labute approximate surface area is 169 Å². The number of aromatic nitrogens is 4. The predicted octanol–water partition coefficient (Wildman–Crippen LogP) is 5.65. The second-order valence-corrected chi connectivity index (χ2v) is 6.93. The van der Waals surface area contributed by atoms with Crippen LogP contribution < -0.4 is 0 Å². The summed E-state index contributed by atoms with van der Waals surface area (Å²) in [6.45, 7) is 0. The molecule has 0 unspecified atom stereocenters. The van der Waals surface area contributed by atoms with Crippen LogP contribution in [-0.2, 0) is 0 Å². The van der Waals surface area contributed by atoms with Crippen molar-refractivity contribution in [2.24, 2.45) is 0 Å². The van der Waals surface area contributed by atoms with Crippen LogP contribution in [0.5, 0.6) is 0 Å². The minimum Gasteiger partial charge on any atom is -0.356 e. The number of rotatable bonds is 5. The Morgan fingerprint density at radius 3 is 1.52 bits per heavy atom. The summed E-state index contributed by atoms with van der Waals surface area (Å²) >= 11 is 0. The second-order valence-electron chi connectivity index (χ2n) is 6.93. The van der Waals surface area contributed by atoms with E-state index >= 15 is 0 Å². The Balaban J connectivity index is 1.57. The number of pyridine rings is 2. The number of hydrogen-bond donors (Lipinski definition) is 2. The van der Waals surface area contributed by atoms with Crippen LogP contribution in [0.4, 0.5) is 0 Å². The lowest BCUT2D eigenvalue weighted by Crippen LogP contribution is -2.04. The van der Waals surface area contributed by atoms with Crippen molar-refractivity contribution in [3.63, 3.8) is 0 Å². The van der Waals surface area contributed by atoms with E-state index in [0.717, 1.165) is 34.2 Å². The average molecular weight is 376 g/mol. The highest BCUT2D eigenvalue weighted by atomic mass is 14.8. The van der Waals surface area contributed by atoms with Crippen LogP contribution in [0.3, 0.4) is 0 Å². The predicted molar refractivity (Wildman–Crippen MR) is 115 cm³/mol. The zero-order valence-corrected chi connectivity index (χ0v) is 15.8. The number of nitrogens with zero attached hydrogens (tertiary/aromatic N) is 2. The number of nitrogens with one attached hydrogen (secondary N) is 2. The second kappa shape index (κ2) is 7.60. The number of H-pyrrole nitrogens is 2. The summed E-state index contributed by atoms with van der Waals surface area (Å²) in [6.07, 6.45) is 3.63. The van der Waals surface area contributed by atoms with Crippen LogP contribution in [0, 0.1) is 0 Å². The van der Waals surface area contributed by atoms with Crippen molar-refractivity contribution in [1.82, 2.24) is 19.9 Å². The normalized spacial score (nSPS) is 11.1. The molecule has 0 fully saturated rings. The zero-order valence-electron chi connectivity index (χ0n) is 15.8. The highest BCUT2D eigenvalue weighted by Gasteiger charge is 2.20. The fourth-order valence-corrected chi connectivity index (χ4v) is 3.68. The first-order valence-corrected chi connectivity index (χ1v) is 9.64. The third-order valence-electron chi connectivity index (χ3n) is 5.05. The van der Waals surface area contributed by atoms with Gasteiger partial charge in [0, 0.05) is 23.8 Å². The SMILES string of the molecule is c1ccc(C(c2ccc(-c3ccccn3)[nH]2)c2ccc(-c3ccccn3)[nH]2)cc1. The molecule has 4 aromatic heterocycles. The Kier molecular flexibility index (Phi) is 4.51. The van der Waals surface area contributed by atoms with Gasteiger partial charge in [-0.3, -0.25) is 9.97 Å². The standard InChI is InChI=1S/C25H20N4/c1-2-8-18(9-3-1)25(23-14-12-21(28-23)19-10-4-6-16-26-19)24-15-13-22(29-24)20-11-5-7-17-27-20/h1-17,25,28-29H. The molecule has 1 aromatic carbocycles. The third-order valence-corrected chi connectivity index (χ3v) is 5.05. The topological polar surface area (TPSA) is 57.4 Å². The molecule has 0 aliphatic carbocycles. The molecular weight excluding hydrogens is 356 g/mol. The van der Waals surface area contributed by atoms with E-state index in [-0.39, 0.29) is 5.92 Å². The minimum atomic E-state index is 0.0612. The molecule has 4 heteroatoms. The van der Waals surface area contributed by atoms with Gasteiger partial charge in [-0.25, -0.2) is 0 Å². The maximum atomic E-state index is 4.46. The van der Waals surface area contributed by atoms with E-state index in [1.165, 1.54) is 5.56 Å². The van der Waals surface area contributed by atoms with Gasteiger partial charge in [-0.2, -0.15) is 0 Å². The summed E-state index contributed by atoms with van der Waals surface area (Å²) in [6, 6.07) is 30.9. The largest absolute Gasteiger partial charge is 0.356 e. The quantitative estimate of drug-likeness (QED) is 0.417. The van der Waals surface area contributed by atoms with Crippen LogP contribution in [0.25, 0.3) is 22.8 Å². The molecular formula is C25H20N4. The smallest absolute Gasteiger partial charge is 0.0864 e. The van der Waals surface area contributed by atoms with Gasteiger partial charge in [0.05, 0.1) is 28.7 Å². The maximum absolute atomic E-state index is 4.46. The molecule has 5 aromatic rings. The zero-order chi connectivity index (χ0) is 19.5. The van der Waals surface area contributed by atoms with Gasteiger partial charge in [-0.15, -0.1) is 0 Å². The molecule has 0 spiro atoms. The highest BCUT2D eigenvalue weighted by Crippen LogP contribution is 2.33. The summed E-state index contributed by atoms with van der Waals surface area (Å²) < 4.78 is 0. The van der Waals surface area contributed by atoms with Gasteiger partial charge in [-0.05, 0) is 54.1 Å². The summed E-state index contributed by atoms with van der Waals surface area (Å²) in [5, 5.41) is 0.